The van der Waals surface area contributed by atoms with Crippen molar-refractivity contribution in [2.75, 3.05) is 26.8 Å². The first kappa shape index (κ1) is 16.0. The Hall–Kier alpha value is -1.34. The van der Waals surface area contributed by atoms with Gasteiger partial charge in [0.1, 0.15) is 0 Å². The van der Waals surface area contributed by atoms with Gasteiger partial charge in [-0.2, -0.15) is 0 Å². The maximum Gasteiger partial charge on any atom is 0.317 e. The molecule has 7 heteroatoms. The molecule has 21 heavy (non-hydrogen) atoms. The number of likely N-dealkylation sites (tertiary alicyclic amines) is 1. The minimum atomic E-state index is -0.846. The zero-order chi connectivity index (χ0) is 15.2. The van der Waals surface area contributed by atoms with Crippen molar-refractivity contribution in [1.29, 1.82) is 0 Å². The predicted molar refractivity (Wildman–Crippen MR) is 75.2 cm³/mol. The molecule has 0 unspecified atom stereocenters. The van der Waals surface area contributed by atoms with E-state index in [1.165, 1.54) is 0 Å². The van der Waals surface area contributed by atoms with Gasteiger partial charge in [-0.1, -0.05) is 0 Å². The molecule has 120 valence electrons. The number of nitrogens with zero attached hydrogens (tertiary/aromatic N) is 1. The molecule has 1 aliphatic carbocycles. The topological polar surface area (TPSA) is 88.1 Å². The minimum Gasteiger partial charge on any atom is -0.481 e. The van der Waals surface area contributed by atoms with Crippen LogP contribution in [0.3, 0.4) is 0 Å². The lowest BCUT2D eigenvalue weighted by molar-refractivity contribution is -0.138. The van der Waals surface area contributed by atoms with Crippen LogP contribution in [0.4, 0.5) is 4.79 Å². The number of hydrogen-bond donors (Lipinski definition) is 2. The van der Waals surface area contributed by atoms with Crippen LogP contribution in [0.15, 0.2) is 0 Å². The number of methoxy groups -OCH3 is 1. The van der Waals surface area contributed by atoms with Crippen LogP contribution >= 0.6 is 0 Å². The van der Waals surface area contributed by atoms with Crippen LogP contribution in [0.25, 0.3) is 0 Å². The number of carbonyl (C=O) groups excluding carboxylic acids is 1. The molecule has 2 rings (SSSR count). The minimum absolute atomic E-state index is 0.0152. The highest BCUT2D eigenvalue weighted by molar-refractivity contribution is 5.74. The second-order valence-corrected chi connectivity index (χ2v) is 5.68. The third-order valence-corrected chi connectivity index (χ3v) is 4.15. The number of nitrogens with one attached hydrogen (secondary N) is 1. The average Bonchev–Trinajstić information content (AvgIpc) is 2.42. The van der Waals surface area contributed by atoms with Crippen molar-refractivity contribution >= 4 is 12.0 Å². The van der Waals surface area contributed by atoms with Crippen molar-refractivity contribution in [2.24, 2.45) is 0 Å². The molecule has 2 amide bonds. The van der Waals surface area contributed by atoms with E-state index in [4.69, 9.17) is 14.6 Å². The maximum atomic E-state index is 12.1. The van der Waals surface area contributed by atoms with Gasteiger partial charge in [0.15, 0.2) is 0 Å². The maximum absolute atomic E-state index is 12.1. The van der Waals surface area contributed by atoms with E-state index in [1.54, 1.807) is 12.0 Å². The lowest BCUT2D eigenvalue weighted by Gasteiger charge is -2.38. The van der Waals surface area contributed by atoms with Crippen molar-refractivity contribution < 1.29 is 24.2 Å². The van der Waals surface area contributed by atoms with Gasteiger partial charge in [0.2, 0.25) is 0 Å². The fraction of sp³-hybridized carbons (Fsp3) is 0.857. The number of hydrogen-bond acceptors (Lipinski definition) is 4. The van der Waals surface area contributed by atoms with Crippen LogP contribution in [-0.4, -0.2) is 67.1 Å². The van der Waals surface area contributed by atoms with E-state index in [0.29, 0.717) is 13.1 Å². The number of aliphatic carboxylic acids is 1. The van der Waals surface area contributed by atoms with Crippen LogP contribution in [0.5, 0.6) is 0 Å². The summed E-state index contributed by atoms with van der Waals surface area (Å²) in [5.74, 6) is -0.846. The van der Waals surface area contributed by atoms with E-state index in [1.807, 2.05) is 0 Å². The standard InChI is InChI=1S/C14H24N2O5/c1-20-12-8-10(9-12)15-14(19)16-5-2-11(3-6-16)21-7-4-13(17)18/h10-12H,2-9H2,1H3,(H,15,19)(H,17,18). The molecule has 1 heterocycles. The summed E-state index contributed by atoms with van der Waals surface area (Å²) in [6, 6.07) is 0.213. The van der Waals surface area contributed by atoms with Gasteiger partial charge in [-0.15, -0.1) is 0 Å². The van der Waals surface area contributed by atoms with E-state index in [9.17, 15) is 9.59 Å². The molecular weight excluding hydrogens is 276 g/mol. The van der Waals surface area contributed by atoms with Gasteiger partial charge in [-0.05, 0) is 25.7 Å². The molecule has 0 aromatic rings. The molecule has 7 nitrogen and oxygen atoms in total. The molecule has 1 saturated carbocycles. The van der Waals surface area contributed by atoms with Crippen molar-refractivity contribution in [3.63, 3.8) is 0 Å². The second kappa shape index (κ2) is 7.61. The lowest BCUT2D eigenvalue weighted by Crippen LogP contribution is -2.53. The molecule has 0 spiro atoms. The van der Waals surface area contributed by atoms with E-state index in [0.717, 1.165) is 25.7 Å². The number of carboxylic acid groups (broad SMARTS) is 1. The number of ether oxygens (including phenoxy) is 2. The quantitative estimate of drug-likeness (QED) is 0.758. The largest absolute Gasteiger partial charge is 0.481 e. The molecule has 0 bridgehead atoms. The third-order valence-electron chi connectivity index (χ3n) is 4.15. The van der Waals surface area contributed by atoms with Gasteiger partial charge in [-0.3, -0.25) is 4.79 Å². The van der Waals surface area contributed by atoms with E-state index < -0.39 is 5.97 Å². The Labute approximate surface area is 124 Å². The van der Waals surface area contributed by atoms with Crippen LogP contribution in [-0.2, 0) is 14.3 Å². The Morgan fingerprint density at radius 3 is 2.48 bits per heavy atom. The Balaban J connectivity index is 1.60. The van der Waals surface area contributed by atoms with Crippen molar-refractivity contribution in [3.05, 3.63) is 0 Å². The summed E-state index contributed by atoms with van der Waals surface area (Å²) >= 11 is 0. The number of carboxylic acids is 1. The fourth-order valence-corrected chi connectivity index (χ4v) is 2.68. The highest BCUT2D eigenvalue weighted by Gasteiger charge is 2.32. The Kier molecular flexibility index (Phi) is 5.81. The lowest BCUT2D eigenvalue weighted by atomic mass is 9.89. The molecule has 2 aliphatic rings. The Morgan fingerprint density at radius 1 is 1.24 bits per heavy atom. The second-order valence-electron chi connectivity index (χ2n) is 5.68. The fourth-order valence-electron chi connectivity index (χ4n) is 2.68. The van der Waals surface area contributed by atoms with Gasteiger partial charge < -0.3 is 24.8 Å². The first-order valence-corrected chi connectivity index (χ1v) is 7.50. The molecule has 0 atom stereocenters. The predicted octanol–water partition coefficient (Wildman–Crippen LogP) is 0.829. The van der Waals surface area contributed by atoms with Gasteiger partial charge in [0.25, 0.3) is 0 Å². The first-order valence-electron chi connectivity index (χ1n) is 7.50. The van der Waals surface area contributed by atoms with Crippen LogP contribution in [0, 0.1) is 0 Å². The highest BCUT2D eigenvalue weighted by Crippen LogP contribution is 2.23. The average molecular weight is 300 g/mol. The molecule has 1 aliphatic heterocycles. The summed E-state index contributed by atoms with van der Waals surface area (Å²) in [4.78, 5) is 24.3. The van der Waals surface area contributed by atoms with Crippen molar-refractivity contribution in [1.82, 2.24) is 10.2 Å². The van der Waals surface area contributed by atoms with Gasteiger partial charge in [0, 0.05) is 26.2 Å². The highest BCUT2D eigenvalue weighted by atomic mass is 16.5. The number of carbonyl (C=O) groups is 2. The third kappa shape index (κ3) is 4.86. The molecule has 0 radical (unpaired) electrons. The molecule has 1 saturated heterocycles. The Morgan fingerprint density at radius 2 is 1.90 bits per heavy atom. The zero-order valence-electron chi connectivity index (χ0n) is 12.4. The zero-order valence-corrected chi connectivity index (χ0v) is 12.4. The Bertz CT molecular complexity index is 362. The van der Waals surface area contributed by atoms with Crippen molar-refractivity contribution in [2.45, 2.75) is 50.4 Å². The number of urea groups is 1. The molecule has 2 fully saturated rings. The number of rotatable bonds is 6. The molecule has 2 N–H and O–H groups in total. The molecule has 0 aromatic heterocycles. The SMILES string of the molecule is COC1CC(NC(=O)N2CCC(OCCC(=O)O)CC2)C1. The van der Waals surface area contributed by atoms with Gasteiger partial charge in [0.05, 0.1) is 25.2 Å². The summed E-state index contributed by atoms with van der Waals surface area (Å²) < 4.78 is 10.7. The monoisotopic (exact) mass is 300 g/mol. The normalized spacial score (nSPS) is 26.2. The van der Waals surface area contributed by atoms with Crippen LogP contribution in [0.1, 0.15) is 32.1 Å². The first-order chi connectivity index (χ1) is 10.1. The van der Waals surface area contributed by atoms with E-state index >= 15 is 0 Å². The summed E-state index contributed by atoms with van der Waals surface area (Å²) in [5.41, 5.74) is 0. The summed E-state index contributed by atoms with van der Waals surface area (Å²) in [6.45, 7) is 1.56. The van der Waals surface area contributed by atoms with Gasteiger partial charge in [-0.25, -0.2) is 4.79 Å². The summed E-state index contributed by atoms with van der Waals surface area (Å²) in [5, 5.41) is 11.6. The van der Waals surface area contributed by atoms with Crippen molar-refractivity contribution in [3.8, 4) is 0 Å². The summed E-state index contributed by atoms with van der Waals surface area (Å²) in [7, 11) is 1.69. The van der Waals surface area contributed by atoms with Crippen LogP contribution < -0.4 is 5.32 Å². The number of piperidine rings is 1. The summed E-state index contributed by atoms with van der Waals surface area (Å²) in [6.07, 6.45) is 3.67. The van der Waals surface area contributed by atoms with Crippen LogP contribution in [0.2, 0.25) is 0 Å². The van der Waals surface area contributed by atoms with E-state index in [2.05, 4.69) is 5.32 Å². The smallest absolute Gasteiger partial charge is 0.317 e. The number of amides is 2. The van der Waals surface area contributed by atoms with E-state index in [-0.39, 0.29) is 37.3 Å². The molecular formula is C14H24N2O5. The molecule has 0 aromatic carbocycles. The van der Waals surface area contributed by atoms with Gasteiger partial charge >= 0.3 is 12.0 Å².